The minimum Gasteiger partial charge on any atom is -0.393 e. The van der Waals surface area contributed by atoms with Gasteiger partial charge in [-0.1, -0.05) is 0 Å². The lowest BCUT2D eigenvalue weighted by molar-refractivity contribution is -0.156. The third kappa shape index (κ3) is 8.78. The average Bonchev–Trinajstić information content (AvgIpc) is 2.13. The summed E-state index contributed by atoms with van der Waals surface area (Å²) in [7, 11) is -4.15. The first-order valence-corrected chi connectivity index (χ1v) is 6.36. The van der Waals surface area contributed by atoms with Gasteiger partial charge in [-0.25, -0.2) is 5.06 Å². The summed E-state index contributed by atoms with van der Waals surface area (Å²) in [4.78, 5) is 27.0. The SMILES string of the molecule is O=CN(O)C[C@H](O)C[C@H](O)CCP(=O)(O)O. The second-order valence-electron chi connectivity index (χ2n) is 3.45. The number of carbonyl (C=O) groups is 1. The van der Waals surface area contributed by atoms with Crippen molar-refractivity contribution in [3.8, 4) is 0 Å². The highest BCUT2D eigenvalue weighted by Gasteiger charge is 2.19. The Hall–Kier alpha value is -0.500. The monoisotopic (exact) mass is 257 g/mol. The molecule has 0 aromatic rings. The predicted octanol–water partition coefficient (Wildman–Crippen LogP) is -1.49. The molecule has 0 aromatic carbocycles. The number of hydrogen-bond donors (Lipinski definition) is 5. The van der Waals surface area contributed by atoms with Gasteiger partial charge in [0.05, 0.1) is 24.9 Å². The van der Waals surface area contributed by atoms with Gasteiger partial charge >= 0.3 is 7.60 Å². The van der Waals surface area contributed by atoms with Gasteiger partial charge in [0.25, 0.3) is 0 Å². The molecule has 0 heterocycles. The zero-order valence-corrected chi connectivity index (χ0v) is 9.40. The number of hydroxylamine groups is 2. The standard InChI is InChI=1S/C7H16NO7P/c9-5-8(12)4-7(11)3-6(10)1-2-16(13,14)15/h5-7,10-12H,1-4H2,(H2,13,14,15)/t6-,7-/m1/s1. The van der Waals surface area contributed by atoms with E-state index < -0.39 is 26.0 Å². The van der Waals surface area contributed by atoms with Crippen LogP contribution < -0.4 is 0 Å². The molecule has 0 aliphatic heterocycles. The van der Waals surface area contributed by atoms with Crippen molar-refractivity contribution >= 4 is 14.0 Å². The van der Waals surface area contributed by atoms with Crippen LogP contribution in [0.2, 0.25) is 0 Å². The molecule has 2 atom stereocenters. The molecule has 0 unspecified atom stereocenters. The van der Waals surface area contributed by atoms with Gasteiger partial charge in [-0.2, -0.15) is 0 Å². The van der Waals surface area contributed by atoms with Gasteiger partial charge in [-0.3, -0.25) is 14.6 Å². The van der Waals surface area contributed by atoms with Crippen LogP contribution in [0.1, 0.15) is 12.8 Å². The fourth-order valence-electron chi connectivity index (χ4n) is 1.08. The highest BCUT2D eigenvalue weighted by Crippen LogP contribution is 2.35. The first kappa shape index (κ1) is 15.5. The Morgan fingerprint density at radius 2 is 1.81 bits per heavy atom. The molecule has 0 saturated heterocycles. The number of aliphatic hydroxyl groups excluding tert-OH is 2. The molecule has 0 rings (SSSR count). The number of aliphatic hydroxyl groups is 2. The number of carbonyl (C=O) groups excluding carboxylic acids is 1. The summed E-state index contributed by atoms with van der Waals surface area (Å²) in [6, 6.07) is 0. The van der Waals surface area contributed by atoms with E-state index in [-0.39, 0.29) is 30.9 Å². The van der Waals surface area contributed by atoms with Crippen LogP contribution in [-0.2, 0) is 9.36 Å². The number of rotatable bonds is 8. The lowest BCUT2D eigenvalue weighted by Crippen LogP contribution is -2.31. The molecule has 0 fully saturated rings. The van der Waals surface area contributed by atoms with Gasteiger partial charge in [0.2, 0.25) is 6.41 Å². The maximum absolute atomic E-state index is 10.5. The molecule has 0 saturated carbocycles. The Labute approximate surface area is 92.2 Å². The molecule has 0 spiro atoms. The topological polar surface area (TPSA) is 139 Å². The van der Waals surface area contributed by atoms with E-state index in [9.17, 15) is 19.6 Å². The van der Waals surface area contributed by atoms with E-state index in [1.54, 1.807) is 0 Å². The van der Waals surface area contributed by atoms with E-state index in [2.05, 4.69) is 0 Å². The normalized spacial score (nSPS) is 15.6. The van der Waals surface area contributed by atoms with E-state index in [1.165, 1.54) is 0 Å². The van der Waals surface area contributed by atoms with Crippen molar-refractivity contribution in [1.82, 2.24) is 5.06 Å². The molecule has 0 aliphatic carbocycles. The minimum absolute atomic E-state index is 0.102. The molecule has 0 bridgehead atoms. The van der Waals surface area contributed by atoms with Crippen LogP contribution in [0.3, 0.4) is 0 Å². The fraction of sp³-hybridized carbons (Fsp3) is 0.857. The molecule has 0 radical (unpaired) electrons. The Bertz CT molecular complexity index is 255. The average molecular weight is 257 g/mol. The highest BCUT2D eigenvalue weighted by molar-refractivity contribution is 7.51. The molecular weight excluding hydrogens is 241 g/mol. The fourth-order valence-corrected chi connectivity index (χ4v) is 1.72. The summed E-state index contributed by atoms with van der Waals surface area (Å²) >= 11 is 0. The van der Waals surface area contributed by atoms with Gasteiger partial charge < -0.3 is 20.0 Å². The van der Waals surface area contributed by atoms with Crippen molar-refractivity contribution in [1.29, 1.82) is 0 Å². The Morgan fingerprint density at radius 3 is 2.25 bits per heavy atom. The van der Waals surface area contributed by atoms with Crippen molar-refractivity contribution in [3.63, 3.8) is 0 Å². The second kappa shape index (κ2) is 6.95. The molecule has 0 aromatic heterocycles. The van der Waals surface area contributed by atoms with Gasteiger partial charge in [0.1, 0.15) is 0 Å². The van der Waals surface area contributed by atoms with Crippen LogP contribution in [0.5, 0.6) is 0 Å². The van der Waals surface area contributed by atoms with Crippen LogP contribution in [0, 0.1) is 0 Å². The second-order valence-corrected chi connectivity index (χ2v) is 5.22. The molecule has 5 N–H and O–H groups in total. The molecule has 0 aliphatic rings. The van der Waals surface area contributed by atoms with Gasteiger partial charge in [-0.15, -0.1) is 0 Å². The van der Waals surface area contributed by atoms with Crippen LogP contribution >= 0.6 is 7.60 Å². The molecule has 1 amide bonds. The van der Waals surface area contributed by atoms with Crippen LogP contribution in [-0.4, -0.2) is 61.6 Å². The Morgan fingerprint density at radius 1 is 1.25 bits per heavy atom. The van der Waals surface area contributed by atoms with Crippen LogP contribution in [0.15, 0.2) is 0 Å². The summed E-state index contributed by atoms with van der Waals surface area (Å²) < 4.78 is 10.5. The summed E-state index contributed by atoms with van der Waals surface area (Å²) in [6.45, 7) is -0.365. The number of hydrogen-bond acceptors (Lipinski definition) is 5. The molecule has 96 valence electrons. The lowest BCUT2D eigenvalue weighted by atomic mass is 10.1. The van der Waals surface area contributed by atoms with Crippen molar-refractivity contribution in [3.05, 3.63) is 0 Å². The minimum atomic E-state index is -4.15. The first-order valence-electron chi connectivity index (χ1n) is 4.56. The van der Waals surface area contributed by atoms with Gasteiger partial charge in [0.15, 0.2) is 0 Å². The molecule has 9 heteroatoms. The third-order valence-corrected chi connectivity index (χ3v) is 2.66. The number of amides is 1. The maximum atomic E-state index is 10.5. The van der Waals surface area contributed by atoms with E-state index in [0.29, 0.717) is 0 Å². The van der Waals surface area contributed by atoms with Gasteiger partial charge in [0, 0.05) is 6.42 Å². The van der Waals surface area contributed by atoms with Crippen LogP contribution in [0.4, 0.5) is 0 Å². The zero-order valence-electron chi connectivity index (χ0n) is 8.51. The van der Waals surface area contributed by atoms with Crippen molar-refractivity contribution in [2.75, 3.05) is 12.7 Å². The Balaban J connectivity index is 3.82. The van der Waals surface area contributed by atoms with E-state index in [4.69, 9.17) is 15.0 Å². The highest BCUT2D eigenvalue weighted by atomic mass is 31.2. The molecule has 16 heavy (non-hydrogen) atoms. The molecule has 8 nitrogen and oxygen atoms in total. The number of nitrogens with zero attached hydrogens (tertiary/aromatic N) is 1. The lowest BCUT2D eigenvalue weighted by Gasteiger charge is -2.18. The van der Waals surface area contributed by atoms with Gasteiger partial charge in [-0.05, 0) is 6.42 Å². The van der Waals surface area contributed by atoms with E-state index in [1.807, 2.05) is 0 Å². The van der Waals surface area contributed by atoms with Crippen molar-refractivity contribution < 1.29 is 34.6 Å². The summed E-state index contributed by atoms with van der Waals surface area (Å²) in [6.07, 6.45) is -2.95. The van der Waals surface area contributed by atoms with E-state index in [0.717, 1.165) is 0 Å². The molecular formula is C7H16NO7P. The first-order chi connectivity index (χ1) is 7.24. The van der Waals surface area contributed by atoms with Crippen LogP contribution in [0.25, 0.3) is 0 Å². The zero-order chi connectivity index (χ0) is 12.8. The summed E-state index contributed by atoms with van der Waals surface area (Å²) in [5, 5.41) is 27.4. The summed E-state index contributed by atoms with van der Waals surface area (Å²) in [5.74, 6) is 0. The Kier molecular flexibility index (Phi) is 6.73. The summed E-state index contributed by atoms with van der Waals surface area (Å²) in [5.41, 5.74) is 0. The maximum Gasteiger partial charge on any atom is 0.325 e. The van der Waals surface area contributed by atoms with E-state index >= 15 is 0 Å². The smallest absolute Gasteiger partial charge is 0.325 e. The van der Waals surface area contributed by atoms with Crippen molar-refractivity contribution in [2.45, 2.75) is 25.0 Å². The third-order valence-electron chi connectivity index (χ3n) is 1.82. The predicted molar refractivity (Wildman–Crippen MR) is 52.7 cm³/mol. The largest absolute Gasteiger partial charge is 0.393 e. The van der Waals surface area contributed by atoms with Crippen molar-refractivity contribution in [2.24, 2.45) is 0 Å². The quantitative estimate of drug-likeness (QED) is 0.154.